The summed E-state index contributed by atoms with van der Waals surface area (Å²) in [5, 5.41) is 4.08. The number of aromatic nitrogens is 1. The molecular weight excluding hydrogens is 240 g/mol. The van der Waals surface area contributed by atoms with Crippen LogP contribution in [0.2, 0.25) is 0 Å². The smallest absolute Gasteiger partial charge is 0.222 e. The zero-order chi connectivity index (χ0) is 13.8. The summed E-state index contributed by atoms with van der Waals surface area (Å²) in [7, 11) is 1.66. The highest BCUT2D eigenvalue weighted by Gasteiger charge is 2.08. The van der Waals surface area contributed by atoms with Crippen LogP contribution in [0.15, 0.2) is 24.4 Å². The van der Waals surface area contributed by atoms with Gasteiger partial charge in [0.05, 0.1) is 7.11 Å². The van der Waals surface area contributed by atoms with Crippen LogP contribution in [0.25, 0.3) is 10.9 Å². The van der Waals surface area contributed by atoms with Gasteiger partial charge in [0.15, 0.2) is 0 Å². The molecular formula is C15H20N2O2. The Kier molecular flexibility index (Phi) is 4.10. The first kappa shape index (κ1) is 13.5. The summed E-state index contributed by atoms with van der Waals surface area (Å²) in [6.45, 7) is 4.44. The van der Waals surface area contributed by atoms with Crippen LogP contribution >= 0.6 is 0 Å². The summed E-state index contributed by atoms with van der Waals surface area (Å²) < 4.78 is 5.24. The molecule has 0 aliphatic rings. The second-order valence-corrected chi connectivity index (χ2v) is 4.92. The van der Waals surface area contributed by atoms with Crippen molar-refractivity contribution >= 4 is 16.8 Å². The zero-order valence-electron chi connectivity index (χ0n) is 11.6. The molecule has 19 heavy (non-hydrogen) atoms. The second kappa shape index (κ2) is 5.78. The fourth-order valence-corrected chi connectivity index (χ4v) is 2.02. The fraction of sp³-hybridized carbons (Fsp3) is 0.400. The van der Waals surface area contributed by atoms with Crippen molar-refractivity contribution in [2.75, 3.05) is 13.7 Å². The number of ether oxygens (including phenoxy) is 1. The van der Waals surface area contributed by atoms with Gasteiger partial charge >= 0.3 is 0 Å². The van der Waals surface area contributed by atoms with Crippen molar-refractivity contribution < 1.29 is 9.53 Å². The van der Waals surface area contributed by atoms with E-state index >= 15 is 0 Å². The molecule has 4 heteroatoms. The van der Waals surface area contributed by atoms with E-state index in [4.69, 9.17) is 4.74 Å². The number of H-pyrrole nitrogens is 1. The van der Waals surface area contributed by atoms with Crippen molar-refractivity contribution in [3.05, 3.63) is 30.0 Å². The first-order valence-electron chi connectivity index (χ1n) is 6.53. The quantitative estimate of drug-likeness (QED) is 0.867. The third-order valence-electron chi connectivity index (χ3n) is 3.19. The molecule has 0 aliphatic heterocycles. The van der Waals surface area contributed by atoms with E-state index in [-0.39, 0.29) is 11.8 Å². The number of benzene rings is 1. The molecule has 0 fully saturated rings. The Morgan fingerprint density at radius 3 is 2.89 bits per heavy atom. The minimum Gasteiger partial charge on any atom is -0.497 e. The normalized spacial score (nSPS) is 10.9. The van der Waals surface area contributed by atoms with Gasteiger partial charge in [-0.05, 0) is 30.2 Å². The highest BCUT2D eigenvalue weighted by molar-refractivity contribution is 5.84. The van der Waals surface area contributed by atoms with E-state index < -0.39 is 0 Å². The Balaban J connectivity index is 2.06. The molecule has 0 radical (unpaired) electrons. The van der Waals surface area contributed by atoms with E-state index in [0.29, 0.717) is 6.54 Å². The standard InChI is InChI=1S/C15H20N2O2/c1-10(2)15(18)16-7-6-11-9-17-14-5-4-12(19-3)8-13(11)14/h4-5,8-10,17H,6-7H2,1-3H3,(H,16,18). The highest BCUT2D eigenvalue weighted by atomic mass is 16.5. The molecule has 1 heterocycles. The van der Waals surface area contributed by atoms with Crippen LogP contribution in [0.5, 0.6) is 5.75 Å². The molecule has 102 valence electrons. The van der Waals surface area contributed by atoms with E-state index in [2.05, 4.69) is 10.3 Å². The van der Waals surface area contributed by atoms with Crippen LogP contribution in [-0.4, -0.2) is 24.5 Å². The first-order chi connectivity index (χ1) is 9.11. The molecule has 0 aliphatic carbocycles. The zero-order valence-corrected chi connectivity index (χ0v) is 11.6. The fourth-order valence-electron chi connectivity index (χ4n) is 2.02. The number of carbonyl (C=O) groups is 1. The summed E-state index contributed by atoms with van der Waals surface area (Å²) in [4.78, 5) is 14.7. The number of hydrogen-bond donors (Lipinski definition) is 2. The Hall–Kier alpha value is -1.97. The largest absolute Gasteiger partial charge is 0.497 e. The average molecular weight is 260 g/mol. The Morgan fingerprint density at radius 2 is 2.21 bits per heavy atom. The number of carbonyl (C=O) groups excluding carboxylic acids is 1. The molecule has 4 nitrogen and oxygen atoms in total. The van der Waals surface area contributed by atoms with Gasteiger partial charge in [0, 0.05) is 29.6 Å². The SMILES string of the molecule is COc1ccc2[nH]cc(CCNC(=O)C(C)C)c2c1. The van der Waals surface area contributed by atoms with Gasteiger partial charge in [-0.1, -0.05) is 13.8 Å². The Labute approximate surface area is 113 Å². The van der Waals surface area contributed by atoms with Gasteiger partial charge in [-0.15, -0.1) is 0 Å². The van der Waals surface area contributed by atoms with Gasteiger partial charge in [0.1, 0.15) is 5.75 Å². The summed E-state index contributed by atoms with van der Waals surface area (Å²) >= 11 is 0. The molecule has 0 atom stereocenters. The predicted octanol–water partition coefficient (Wildman–Crippen LogP) is 2.49. The number of aromatic amines is 1. The van der Waals surface area contributed by atoms with Gasteiger partial charge in [-0.3, -0.25) is 4.79 Å². The van der Waals surface area contributed by atoms with Crippen molar-refractivity contribution in [3.8, 4) is 5.75 Å². The van der Waals surface area contributed by atoms with Crippen molar-refractivity contribution in [2.24, 2.45) is 5.92 Å². The molecule has 1 aromatic carbocycles. The number of hydrogen-bond acceptors (Lipinski definition) is 2. The summed E-state index contributed by atoms with van der Waals surface area (Å²) in [6, 6.07) is 5.96. The van der Waals surface area contributed by atoms with Gasteiger partial charge in [0.25, 0.3) is 0 Å². The van der Waals surface area contributed by atoms with E-state index in [1.165, 1.54) is 5.56 Å². The number of amides is 1. The molecule has 0 saturated carbocycles. The molecule has 2 N–H and O–H groups in total. The Bertz CT molecular complexity index is 573. The molecule has 2 aromatic rings. The lowest BCUT2D eigenvalue weighted by molar-refractivity contribution is -0.123. The van der Waals surface area contributed by atoms with Crippen molar-refractivity contribution in [2.45, 2.75) is 20.3 Å². The second-order valence-electron chi connectivity index (χ2n) is 4.92. The number of nitrogens with one attached hydrogen (secondary N) is 2. The number of fused-ring (bicyclic) bond motifs is 1. The van der Waals surface area contributed by atoms with Crippen LogP contribution in [0, 0.1) is 5.92 Å². The van der Waals surface area contributed by atoms with Crippen LogP contribution in [0.4, 0.5) is 0 Å². The van der Waals surface area contributed by atoms with Crippen LogP contribution < -0.4 is 10.1 Å². The van der Waals surface area contributed by atoms with E-state index in [9.17, 15) is 4.79 Å². The third-order valence-corrected chi connectivity index (χ3v) is 3.19. The van der Waals surface area contributed by atoms with Gasteiger partial charge in [0.2, 0.25) is 5.91 Å². The van der Waals surface area contributed by atoms with Crippen molar-refractivity contribution in [3.63, 3.8) is 0 Å². The maximum atomic E-state index is 11.5. The molecule has 0 saturated heterocycles. The monoisotopic (exact) mass is 260 g/mol. The summed E-state index contributed by atoms with van der Waals surface area (Å²) in [5.74, 6) is 0.972. The van der Waals surface area contributed by atoms with Crippen LogP contribution in [0.3, 0.4) is 0 Å². The van der Waals surface area contributed by atoms with E-state index in [1.54, 1.807) is 7.11 Å². The number of methoxy groups -OCH3 is 1. The third kappa shape index (κ3) is 3.08. The maximum absolute atomic E-state index is 11.5. The van der Waals surface area contributed by atoms with Gasteiger partial charge < -0.3 is 15.0 Å². The molecule has 0 unspecified atom stereocenters. The minimum absolute atomic E-state index is 0.0306. The van der Waals surface area contributed by atoms with Crippen molar-refractivity contribution in [1.29, 1.82) is 0 Å². The molecule has 0 bridgehead atoms. The van der Waals surface area contributed by atoms with Gasteiger partial charge in [-0.25, -0.2) is 0 Å². The molecule has 1 amide bonds. The highest BCUT2D eigenvalue weighted by Crippen LogP contribution is 2.23. The lowest BCUT2D eigenvalue weighted by Gasteiger charge is -2.07. The van der Waals surface area contributed by atoms with Crippen molar-refractivity contribution in [1.82, 2.24) is 10.3 Å². The first-order valence-corrected chi connectivity index (χ1v) is 6.53. The van der Waals surface area contributed by atoms with Crippen LogP contribution in [0.1, 0.15) is 19.4 Å². The van der Waals surface area contributed by atoms with Gasteiger partial charge in [-0.2, -0.15) is 0 Å². The lowest BCUT2D eigenvalue weighted by Crippen LogP contribution is -2.29. The Morgan fingerprint density at radius 1 is 1.42 bits per heavy atom. The lowest BCUT2D eigenvalue weighted by atomic mass is 10.1. The molecule has 0 spiro atoms. The number of rotatable bonds is 5. The molecule has 2 rings (SSSR count). The average Bonchev–Trinajstić information content (AvgIpc) is 2.81. The topological polar surface area (TPSA) is 54.1 Å². The molecule has 1 aromatic heterocycles. The minimum atomic E-state index is 0.0306. The maximum Gasteiger partial charge on any atom is 0.222 e. The predicted molar refractivity (Wildman–Crippen MR) is 76.4 cm³/mol. The van der Waals surface area contributed by atoms with E-state index in [1.807, 2.05) is 38.2 Å². The summed E-state index contributed by atoms with van der Waals surface area (Å²) in [6.07, 6.45) is 2.80. The van der Waals surface area contributed by atoms with Crippen LogP contribution in [-0.2, 0) is 11.2 Å². The summed E-state index contributed by atoms with van der Waals surface area (Å²) in [5.41, 5.74) is 2.28. The van der Waals surface area contributed by atoms with E-state index in [0.717, 1.165) is 23.1 Å².